The number of hydrogen-bond donors (Lipinski definition) is 2. The number of benzene rings is 1. The van der Waals surface area contributed by atoms with Crippen LogP contribution in [0.5, 0.6) is 0 Å². The standard InChI is InChI=1S/C19H17ClN4O2S/c1-11(25)6-8-21-14-7-9-22-18-15(14)16-17(27-18)19(26)24(10-23-16)13-4-2-12(20)3-5-13/h2-5,7,9-11,25H,6,8H2,1H3,(H,21,22). The lowest BCUT2D eigenvalue weighted by atomic mass is 10.2. The fourth-order valence-corrected chi connectivity index (χ4v) is 4.08. The highest BCUT2D eigenvalue weighted by atomic mass is 35.5. The van der Waals surface area contributed by atoms with Crippen LogP contribution >= 0.6 is 22.9 Å². The third kappa shape index (κ3) is 3.41. The smallest absolute Gasteiger partial charge is 0.275 e. The summed E-state index contributed by atoms with van der Waals surface area (Å²) in [5.41, 5.74) is 2.07. The highest BCUT2D eigenvalue weighted by molar-refractivity contribution is 7.25. The van der Waals surface area contributed by atoms with Crippen LogP contribution in [0.4, 0.5) is 5.69 Å². The van der Waals surface area contributed by atoms with Crippen molar-refractivity contribution in [1.29, 1.82) is 0 Å². The Hall–Kier alpha value is -2.48. The third-order valence-electron chi connectivity index (χ3n) is 4.26. The summed E-state index contributed by atoms with van der Waals surface area (Å²) >= 11 is 7.27. The first-order valence-corrected chi connectivity index (χ1v) is 9.71. The van der Waals surface area contributed by atoms with Crippen molar-refractivity contribution in [1.82, 2.24) is 14.5 Å². The lowest BCUT2D eigenvalue weighted by Crippen LogP contribution is -2.17. The average molecular weight is 401 g/mol. The minimum Gasteiger partial charge on any atom is -0.393 e. The second-order valence-electron chi connectivity index (χ2n) is 6.28. The number of pyridine rings is 1. The van der Waals surface area contributed by atoms with Crippen molar-refractivity contribution < 1.29 is 5.11 Å². The van der Waals surface area contributed by atoms with Crippen LogP contribution in [0.15, 0.2) is 47.7 Å². The van der Waals surface area contributed by atoms with Gasteiger partial charge in [-0.3, -0.25) is 9.36 Å². The van der Waals surface area contributed by atoms with E-state index in [4.69, 9.17) is 11.6 Å². The molecule has 0 amide bonds. The molecular formula is C19H17ClN4O2S. The van der Waals surface area contributed by atoms with E-state index in [0.29, 0.717) is 33.9 Å². The Morgan fingerprint density at radius 3 is 2.78 bits per heavy atom. The molecule has 1 unspecified atom stereocenters. The molecule has 2 N–H and O–H groups in total. The lowest BCUT2D eigenvalue weighted by molar-refractivity contribution is 0.189. The minimum absolute atomic E-state index is 0.139. The molecule has 3 aromatic heterocycles. The van der Waals surface area contributed by atoms with Crippen molar-refractivity contribution >= 4 is 49.1 Å². The number of aliphatic hydroxyl groups excluding tert-OH is 1. The summed E-state index contributed by atoms with van der Waals surface area (Å²) < 4.78 is 2.06. The van der Waals surface area contributed by atoms with E-state index in [1.807, 2.05) is 6.07 Å². The van der Waals surface area contributed by atoms with Gasteiger partial charge in [0.25, 0.3) is 5.56 Å². The fraction of sp³-hybridized carbons (Fsp3) is 0.211. The molecule has 4 aromatic rings. The van der Waals surface area contributed by atoms with Crippen LogP contribution in [-0.2, 0) is 0 Å². The lowest BCUT2D eigenvalue weighted by Gasteiger charge is -2.09. The first-order chi connectivity index (χ1) is 13.0. The first kappa shape index (κ1) is 17.9. The van der Waals surface area contributed by atoms with Crippen molar-refractivity contribution in [2.75, 3.05) is 11.9 Å². The minimum atomic E-state index is -0.376. The summed E-state index contributed by atoms with van der Waals surface area (Å²) in [5.74, 6) is 0. The summed E-state index contributed by atoms with van der Waals surface area (Å²) in [4.78, 5) is 22.7. The number of nitrogens with one attached hydrogen (secondary N) is 1. The number of thiophene rings is 1. The van der Waals surface area contributed by atoms with E-state index in [1.165, 1.54) is 22.2 Å². The summed E-state index contributed by atoms with van der Waals surface area (Å²) in [5, 5.41) is 14.2. The van der Waals surface area contributed by atoms with Crippen LogP contribution < -0.4 is 10.9 Å². The van der Waals surface area contributed by atoms with Gasteiger partial charge < -0.3 is 10.4 Å². The van der Waals surface area contributed by atoms with Gasteiger partial charge in [0, 0.05) is 23.5 Å². The summed E-state index contributed by atoms with van der Waals surface area (Å²) in [6.45, 7) is 2.38. The molecule has 138 valence electrons. The molecule has 0 bridgehead atoms. The van der Waals surface area contributed by atoms with Crippen molar-refractivity contribution in [2.45, 2.75) is 19.4 Å². The maximum Gasteiger partial charge on any atom is 0.275 e. The van der Waals surface area contributed by atoms with Crippen LogP contribution in [0.3, 0.4) is 0 Å². The monoisotopic (exact) mass is 400 g/mol. The van der Waals surface area contributed by atoms with Gasteiger partial charge in [0.15, 0.2) is 0 Å². The fourth-order valence-electron chi connectivity index (χ4n) is 2.90. The molecule has 0 aliphatic heterocycles. The van der Waals surface area contributed by atoms with Crippen LogP contribution in [0, 0.1) is 0 Å². The zero-order valence-electron chi connectivity index (χ0n) is 14.5. The molecule has 0 radical (unpaired) electrons. The predicted octanol–water partition coefficient (Wildman–Crippen LogP) is 3.83. The molecule has 1 aromatic carbocycles. The average Bonchev–Trinajstić information content (AvgIpc) is 3.03. The van der Waals surface area contributed by atoms with Gasteiger partial charge in [-0.1, -0.05) is 11.6 Å². The Morgan fingerprint density at radius 2 is 2.04 bits per heavy atom. The van der Waals surface area contributed by atoms with E-state index < -0.39 is 0 Å². The molecular weight excluding hydrogens is 384 g/mol. The highest BCUT2D eigenvalue weighted by Crippen LogP contribution is 2.34. The van der Waals surface area contributed by atoms with Gasteiger partial charge in [-0.2, -0.15) is 0 Å². The van der Waals surface area contributed by atoms with Gasteiger partial charge in [0.2, 0.25) is 0 Å². The quantitative estimate of drug-likeness (QED) is 0.532. The second-order valence-corrected chi connectivity index (χ2v) is 7.71. The van der Waals surface area contributed by atoms with Gasteiger partial charge in [-0.25, -0.2) is 9.97 Å². The highest BCUT2D eigenvalue weighted by Gasteiger charge is 2.16. The van der Waals surface area contributed by atoms with Crippen LogP contribution in [0.2, 0.25) is 5.02 Å². The predicted molar refractivity (Wildman–Crippen MR) is 110 cm³/mol. The van der Waals surface area contributed by atoms with Gasteiger partial charge in [0.1, 0.15) is 15.9 Å². The van der Waals surface area contributed by atoms with Crippen molar-refractivity contribution in [3.8, 4) is 5.69 Å². The topological polar surface area (TPSA) is 80.0 Å². The Kier molecular flexibility index (Phi) is 4.82. The Balaban J connectivity index is 1.83. The number of hydrogen-bond acceptors (Lipinski definition) is 6. The van der Waals surface area contributed by atoms with Gasteiger partial charge in [-0.05, 0) is 43.7 Å². The Bertz CT molecular complexity index is 1170. The molecule has 4 rings (SSSR count). The molecule has 3 heterocycles. The number of halogens is 1. The number of aromatic nitrogens is 3. The number of fused-ring (bicyclic) bond motifs is 3. The Morgan fingerprint density at radius 1 is 1.26 bits per heavy atom. The van der Waals surface area contributed by atoms with E-state index in [1.54, 1.807) is 37.4 Å². The van der Waals surface area contributed by atoms with Crippen molar-refractivity contribution in [2.24, 2.45) is 0 Å². The number of rotatable bonds is 5. The zero-order valence-corrected chi connectivity index (χ0v) is 16.1. The number of aliphatic hydroxyl groups is 1. The van der Waals surface area contributed by atoms with Crippen LogP contribution in [0.25, 0.3) is 26.1 Å². The third-order valence-corrected chi connectivity index (χ3v) is 5.59. The van der Waals surface area contributed by atoms with E-state index in [0.717, 1.165) is 15.9 Å². The molecule has 27 heavy (non-hydrogen) atoms. The molecule has 0 spiro atoms. The van der Waals surface area contributed by atoms with Crippen LogP contribution in [0.1, 0.15) is 13.3 Å². The summed E-state index contributed by atoms with van der Waals surface area (Å²) in [7, 11) is 0. The molecule has 0 fully saturated rings. The molecule has 0 aliphatic rings. The molecule has 0 saturated carbocycles. The van der Waals surface area contributed by atoms with Gasteiger partial charge in [0.05, 0.1) is 22.7 Å². The van der Waals surface area contributed by atoms with Gasteiger partial charge in [-0.15, -0.1) is 11.3 Å². The van der Waals surface area contributed by atoms with E-state index in [-0.39, 0.29) is 11.7 Å². The van der Waals surface area contributed by atoms with E-state index in [2.05, 4.69) is 15.3 Å². The molecule has 0 aliphatic carbocycles. The van der Waals surface area contributed by atoms with E-state index in [9.17, 15) is 9.90 Å². The van der Waals surface area contributed by atoms with Gasteiger partial charge >= 0.3 is 0 Å². The molecule has 1 atom stereocenters. The number of nitrogens with zero attached hydrogens (tertiary/aromatic N) is 3. The SMILES string of the molecule is CC(O)CCNc1ccnc2sc3c(=O)n(-c4ccc(Cl)cc4)cnc3c12. The first-order valence-electron chi connectivity index (χ1n) is 8.51. The molecule has 8 heteroatoms. The number of anilines is 1. The maximum atomic E-state index is 13.0. The second kappa shape index (κ2) is 7.26. The maximum absolute atomic E-state index is 13.0. The Labute approximate surface area is 164 Å². The normalized spacial score (nSPS) is 12.6. The largest absolute Gasteiger partial charge is 0.393 e. The van der Waals surface area contributed by atoms with Crippen LogP contribution in [-0.4, -0.2) is 32.3 Å². The molecule has 0 saturated heterocycles. The summed E-state index contributed by atoms with van der Waals surface area (Å²) in [6.07, 6.45) is 3.49. The van der Waals surface area contributed by atoms with Crippen molar-refractivity contribution in [3.63, 3.8) is 0 Å². The zero-order chi connectivity index (χ0) is 19.0. The summed E-state index contributed by atoms with van der Waals surface area (Å²) in [6, 6.07) is 8.91. The van der Waals surface area contributed by atoms with E-state index >= 15 is 0 Å². The molecule has 6 nitrogen and oxygen atoms in total. The van der Waals surface area contributed by atoms with Crippen molar-refractivity contribution in [3.05, 3.63) is 58.2 Å².